The van der Waals surface area contributed by atoms with E-state index in [4.69, 9.17) is 16.6 Å². The number of phenols is 1. The maximum atomic E-state index is 14.5. The maximum Gasteiger partial charge on any atom is 0.322 e. The first-order valence-corrected chi connectivity index (χ1v) is 26.1. The van der Waals surface area contributed by atoms with Gasteiger partial charge in [-0.3, -0.25) is 47.9 Å². The van der Waals surface area contributed by atoms with Gasteiger partial charge in [0.05, 0.1) is 6.42 Å². The molecule has 8 atom stereocenters. The third kappa shape index (κ3) is 19.0. The number of nitrogens with two attached hydrogens (primary N) is 2. The van der Waals surface area contributed by atoms with E-state index in [0.29, 0.717) is 36.9 Å². The SMILES string of the molecule is CC(C)CC1NC(=O)C(Cc2ccccc2)NC(=O)C(Cc2ccc(O)cc2)NC(=O)C(O)CSSCC(C(=O)N2CCCC2C(=O)NC(CCCCN)C(=O)NCC(=O)O)NC(=O)C(CC(N)=O)NC1=O. The summed E-state index contributed by atoms with van der Waals surface area (Å²) in [5.74, 6) is -9.96. The molecule has 25 heteroatoms. The predicted molar refractivity (Wildman–Crippen MR) is 266 cm³/mol. The van der Waals surface area contributed by atoms with Crippen molar-refractivity contribution in [3.8, 4) is 5.75 Å². The van der Waals surface area contributed by atoms with Crippen LogP contribution in [0.3, 0.4) is 0 Å². The molecule has 0 aliphatic carbocycles. The third-order valence-electron chi connectivity index (χ3n) is 11.6. The number of carbonyl (C=O) groups is 10. The molecule has 2 saturated heterocycles. The smallest absolute Gasteiger partial charge is 0.322 e. The van der Waals surface area contributed by atoms with Crippen LogP contribution in [0.25, 0.3) is 0 Å². The zero-order valence-corrected chi connectivity index (χ0v) is 41.8. The van der Waals surface area contributed by atoms with Gasteiger partial charge in [0.25, 0.3) is 0 Å². The standard InChI is InChI=1S/C47H66N10O13S2/c1-26(2)19-31-41(64)54-34(22-38(49)60)44(67)56-35(47(70)57-18-8-12-36(57)45(68)51-30(11-6-7-17-48)40(63)50-23-39(61)62)24-71-72-25-37(59)46(69)55-33(21-28-13-15-29(58)16-14-28)43(66)53-32(42(65)52-31)20-27-9-4-3-5-10-27/h3-5,9-10,13-16,26,30-37,58-59H,6-8,11-12,17-25,48H2,1-2H3,(H2,49,60)(H,50,63)(H,51,68)(H,52,65)(H,53,66)(H,54,64)(H,55,69)(H,56,67)(H,61,62). The lowest BCUT2D eigenvalue weighted by molar-refractivity contribution is -0.142. The van der Waals surface area contributed by atoms with Gasteiger partial charge in [-0.15, -0.1) is 0 Å². The molecule has 14 N–H and O–H groups in total. The summed E-state index contributed by atoms with van der Waals surface area (Å²) in [6.45, 7) is 3.17. The van der Waals surface area contributed by atoms with E-state index < -0.39 is 120 Å². The van der Waals surface area contributed by atoms with Crippen molar-refractivity contribution in [1.82, 2.24) is 42.1 Å². The number of carbonyl (C=O) groups excluding carboxylic acids is 9. The van der Waals surface area contributed by atoms with E-state index in [1.54, 1.807) is 44.2 Å². The summed E-state index contributed by atoms with van der Waals surface area (Å²) < 4.78 is 0. The number of aromatic hydroxyl groups is 1. The van der Waals surface area contributed by atoms with Gasteiger partial charge in [0, 0.05) is 30.9 Å². The Morgan fingerprint density at radius 2 is 1.33 bits per heavy atom. The first kappa shape index (κ1) is 58.1. The number of unbranched alkanes of at least 4 members (excludes halogenated alkanes) is 1. The molecule has 2 aliphatic heterocycles. The number of nitrogens with one attached hydrogen (secondary N) is 7. The number of nitrogens with zero attached hydrogens (tertiary/aromatic N) is 1. The second kappa shape index (κ2) is 29.2. The molecule has 8 unspecified atom stereocenters. The number of likely N-dealkylation sites (tertiary alicyclic amines) is 1. The molecule has 2 fully saturated rings. The van der Waals surface area contributed by atoms with Gasteiger partial charge in [-0.05, 0) is 74.2 Å². The van der Waals surface area contributed by atoms with E-state index in [1.165, 1.54) is 29.2 Å². The highest BCUT2D eigenvalue weighted by Gasteiger charge is 2.40. The molecule has 394 valence electrons. The summed E-state index contributed by atoms with van der Waals surface area (Å²) >= 11 is 0. The van der Waals surface area contributed by atoms with E-state index in [9.17, 15) is 58.2 Å². The van der Waals surface area contributed by atoms with Crippen LogP contribution in [-0.4, -0.2) is 159 Å². The van der Waals surface area contributed by atoms with Crippen molar-refractivity contribution in [2.45, 2.75) is 120 Å². The number of hydrogen-bond acceptors (Lipinski definition) is 15. The summed E-state index contributed by atoms with van der Waals surface area (Å²) in [6.07, 6.45) is -1.19. The van der Waals surface area contributed by atoms with Gasteiger partial charge in [0.2, 0.25) is 53.2 Å². The minimum Gasteiger partial charge on any atom is -0.508 e. The Balaban J connectivity index is 1.70. The Morgan fingerprint density at radius 3 is 1.94 bits per heavy atom. The minimum atomic E-state index is -1.74. The largest absolute Gasteiger partial charge is 0.508 e. The van der Waals surface area contributed by atoms with Crippen molar-refractivity contribution in [2.24, 2.45) is 17.4 Å². The summed E-state index contributed by atoms with van der Waals surface area (Å²) in [5.41, 5.74) is 12.3. The Hall–Kier alpha value is -6.44. The summed E-state index contributed by atoms with van der Waals surface area (Å²) in [5, 5.41) is 48.0. The van der Waals surface area contributed by atoms with Crippen molar-refractivity contribution < 1.29 is 63.3 Å². The molecule has 0 radical (unpaired) electrons. The van der Waals surface area contributed by atoms with E-state index in [0.717, 1.165) is 21.6 Å². The number of hydrogen-bond donors (Lipinski definition) is 12. The molecule has 9 amide bonds. The van der Waals surface area contributed by atoms with Gasteiger partial charge in [-0.1, -0.05) is 77.9 Å². The van der Waals surface area contributed by atoms with Crippen molar-refractivity contribution in [3.63, 3.8) is 0 Å². The van der Waals surface area contributed by atoms with Crippen LogP contribution in [0.5, 0.6) is 5.75 Å². The maximum absolute atomic E-state index is 14.5. The lowest BCUT2D eigenvalue weighted by Crippen LogP contribution is -2.61. The minimum absolute atomic E-state index is 0.00833. The average molecular weight is 1040 g/mol. The van der Waals surface area contributed by atoms with Crippen molar-refractivity contribution in [3.05, 3.63) is 65.7 Å². The summed E-state index contributed by atoms with van der Waals surface area (Å²) in [6, 6.07) is 4.89. The van der Waals surface area contributed by atoms with Crippen LogP contribution in [0.1, 0.15) is 69.9 Å². The number of aliphatic carboxylic acids is 1. The molecule has 2 heterocycles. The van der Waals surface area contributed by atoms with Crippen molar-refractivity contribution in [2.75, 3.05) is 31.1 Å². The molecule has 0 saturated carbocycles. The van der Waals surface area contributed by atoms with Crippen LogP contribution in [-0.2, 0) is 60.8 Å². The van der Waals surface area contributed by atoms with Crippen LogP contribution in [0.2, 0.25) is 0 Å². The fourth-order valence-corrected chi connectivity index (χ4v) is 10.1. The van der Waals surface area contributed by atoms with Gasteiger partial charge in [-0.2, -0.15) is 0 Å². The molecular weight excluding hydrogens is 977 g/mol. The monoisotopic (exact) mass is 1040 g/mol. The molecule has 23 nitrogen and oxygen atoms in total. The Labute approximate surface area is 424 Å². The van der Waals surface area contributed by atoms with Gasteiger partial charge in [-0.25, -0.2) is 0 Å². The van der Waals surface area contributed by atoms with Gasteiger partial charge in [0.1, 0.15) is 60.7 Å². The zero-order chi connectivity index (χ0) is 52.9. The molecule has 72 heavy (non-hydrogen) atoms. The average Bonchev–Trinajstić information content (AvgIpc) is 3.83. The lowest BCUT2D eigenvalue weighted by atomic mass is 9.99. The quantitative estimate of drug-likeness (QED) is 0.0572. The number of aliphatic hydroxyl groups is 1. The molecule has 2 aliphatic rings. The summed E-state index contributed by atoms with van der Waals surface area (Å²) in [7, 11) is 1.88. The number of benzene rings is 2. The molecule has 0 bridgehead atoms. The number of aliphatic hydroxyl groups excluding tert-OH is 1. The number of amides is 9. The van der Waals surface area contributed by atoms with Crippen LogP contribution in [0.15, 0.2) is 54.6 Å². The first-order chi connectivity index (χ1) is 34.3. The topological polar surface area (TPSA) is 371 Å². The molecular formula is C47H66N10O13S2. The van der Waals surface area contributed by atoms with Crippen LogP contribution >= 0.6 is 21.6 Å². The van der Waals surface area contributed by atoms with Crippen LogP contribution in [0, 0.1) is 5.92 Å². The second-order valence-corrected chi connectivity index (χ2v) is 20.5. The second-order valence-electron chi connectivity index (χ2n) is 17.9. The number of phenolic OH excluding ortho intramolecular Hbond substituents is 1. The Morgan fingerprint density at radius 1 is 0.764 bits per heavy atom. The fraction of sp³-hybridized carbons (Fsp3) is 0.532. The number of carboxylic acids is 1. The molecule has 2 aromatic rings. The highest BCUT2D eigenvalue weighted by Crippen LogP contribution is 2.26. The molecule has 0 spiro atoms. The predicted octanol–water partition coefficient (Wildman–Crippen LogP) is -1.92. The molecule has 2 aromatic carbocycles. The Bertz CT molecular complexity index is 2230. The highest BCUT2D eigenvalue weighted by atomic mass is 33.1. The summed E-state index contributed by atoms with van der Waals surface area (Å²) in [4.78, 5) is 137. The molecule has 4 rings (SSSR count). The van der Waals surface area contributed by atoms with E-state index >= 15 is 0 Å². The van der Waals surface area contributed by atoms with Crippen LogP contribution < -0.4 is 48.7 Å². The highest BCUT2D eigenvalue weighted by molar-refractivity contribution is 8.76. The van der Waals surface area contributed by atoms with Gasteiger partial charge < -0.3 is 68.9 Å². The van der Waals surface area contributed by atoms with Gasteiger partial charge >= 0.3 is 5.97 Å². The first-order valence-electron chi connectivity index (χ1n) is 23.6. The third-order valence-corrected chi connectivity index (χ3v) is 14.0. The van der Waals surface area contributed by atoms with Gasteiger partial charge in [0.15, 0.2) is 0 Å². The number of carboxylic acid groups (broad SMARTS) is 1. The van der Waals surface area contributed by atoms with Crippen molar-refractivity contribution >= 4 is 80.7 Å². The van der Waals surface area contributed by atoms with E-state index in [2.05, 4.69) is 37.2 Å². The normalized spacial score (nSPS) is 23.3. The van der Waals surface area contributed by atoms with Crippen molar-refractivity contribution in [1.29, 1.82) is 0 Å². The van der Waals surface area contributed by atoms with E-state index in [1.807, 2.05) is 0 Å². The van der Waals surface area contributed by atoms with Crippen LogP contribution in [0.4, 0.5) is 0 Å². The zero-order valence-electron chi connectivity index (χ0n) is 40.1. The number of rotatable bonds is 18. The molecule has 0 aromatic heterocycles. The fourth-order valence-electron chi connectivity index (χ4n) is 7.90. The van der Waals surface area contributed by atoms with E-state index in [-0.39, 0.29) is 61.8 Å². The Kier molecular flexibility index (Phi) is 23.6. The lowest BCUT2D eigenvalue weighted by Gasteiger charge is -2.31. The number of primary amides is 1.